The number of halogens is 2. The highest BCUT2D eigenvalue weighted by Crippen LogP contribution is 2.27. The van der Waals surface area contributed by atoms with Gasteiger partial charge in [-0.05, 0) is 48.9 Å². The van der Waals surface area contributed by atoms with Gasteiger partial charge in [-0.25, -0.2) is 4.98 Å². The topological polar surface area (TPSA) is 60.5 Å². The van der Waals surface area contributed by atoms with E-state index in [4.69, 9.17) is 9.47 Å². The van der Waals surface area contributed by atoms with Crippen LogP contribution in [0.15, 0.2) is 47.6 Å². The van der Waals surface area contributed by atoms with E-state index in [1.165, 1.54) is 18.3 Å². The first-order valence-corrected chi connectivity index (χ1v) is 9.05. The first-order chi connectivity index (χ1) is 12.6. The van der Waals surface area contributed by atoms with Crippen LogP contribution in [0.5, 0.6) is 5.75 Å². The van der Waals surface area contributed by atoms with Crippen molar-refractivity contribution in [3.8, 4) is 5.75 Å². The molecule has 1 aliphatic heterocycles. The van der Waals surface area contributed by atoms with Gasteiger partial charge in [0.2, 0.25) is 0 Å². The van der Waals surface area contributed by atoms with Crippen molar-refractivity contribution < 1.29 is 23.0 Å². The van der Waals surface area contributed by atoms with Crippen molar-refractivity contribution in [1.82, 2.24) is 4.98 Å². The summed E-state index contributed by atoms with van der Waals surface area (Å²) in [4.78, 5) is 16.3. The van der Waals surface area contributed by atoms with E-state index in [1.807, 2.05) is 0 Å². The Balaban J connectivity index is 1.65. The fourth-order valence-corrected chi connectivity index (χ4v) is 3.15. The van der Waals surface area contributed by atoms with Crippen LogP contribution in [0, 0.1) is 0 Å². The lowest BCUT2D eigenvalue weighted by Crippen LogP contribution is -2.16. The molecule has 1 aromatic heterocycles. The molecule has 1 aliphatic rings. The minimum absolute atomic E-state index is 0.00853. The molecule has 2 heterocycles. The number of rotatable bonds is 7. The lowest BCUT2D eigenvalue weighted by atomic mass is 10.2. The Morgan fingerprint density at radius 1 is 1.38 bits per heavy atom. The van der Waals surface area contributed by atoms with Gasteiger partial charge in [-0.3, -0.25) is 4.79 Å². The van der Waals surface area contributed by atoms with Crippen molar-refractivity contribution in [3.63, 3.8) is 0 Å². The third kappa shape index (κ3) is 5.15. The van der Waals surface area contributed by atoms with Crippen LogP contribution in [-0.4, -0.2) is 36.0 Å². The molecule has 1 amide bonds. The van der Waals surface area contributed by atoms with E-state index in [2.05, 4.69) is 10.3 Å². The molecule has 26 heavy (non-hydrogen) atoms. The monoisotopic (exact) mass is 380 g/mol. The Morgan fingerprint density at radius 3 is 3.04 bits per heavy atom. The number of anilines is 1. The molecule has 138 valence electrons. The largest absolute Gasteiger partial charge is 0.491 e. The van der Waals surface area contributed by atoms with Crippen LogP contribution in [0.4, 0.5) is 14.5 Å². The highest BCUT2D eigenvalue weighted by atomic mass is 32.2. The number of ether oxygens (including phenoxy) is 2. The molecule has 2 aromatic rings. The summed E-state index contributed by atoms with van der Waals surface area (Å²) < 4.78 is 36.5. The van der Waals surface area contributed by atoms with Crippen molar-refractivity contribution in [2.45, 2.75) is 29.7 Å². The van der Waals surface area contributed by atoms with Crippen molar-refractivity contribution in [2.24, 2.45) is 0 Å². The smallest absolute Gasteiger partial charge is 0.290 e. The van der Waals surface area contributed by atoms with E-state index in [1.54, 1.807) is 24.3 Å². The molecule has 0 saturated carbocycles. The molecule has 0 radical (unpaired) electrons. The average molecular weight is 380 g/mol. The number of hydrogen-bond donors (Lipinski definition) is 1. The Kier molecular flexibility index (Phi) is 6.40. The van der Waals surface area contributed by atoms with Gasteiger partial charge in [0.1, 0.15) is 17.4 Å². The third-order valence-corrected chi connectivity index (χ3v) is 4.50. The van der Waals surface area contributed by atoms with Crippen molar-refractivity contribution >= 4 is 23.4 Å². The molecule has 1 saturated heterocycles. The van der Waals surface area contributed by atoms with Crippen LogP contribution in [-0.2, 0) is 4.74 Å². The zero-order chi connectivity index (χ0) is 18.4. The number of amides is 1. The van der Waals surface area contributed by atoms with Gasteiger partial charge in [0.25, 0.3) is 11.7 Å². The summed E-state index contributed by atoms with van der Waals surface area (Å²) in [7, 11) is 0. The molecular formula is C18H18F2N2O3S. The minimum Gasteiger partial charge on any atom is -0.491 e. The number of nitrogens with zero attached hydrogens (tertiary/aromatic N) is 1. The van der Waals surface area contributed by atoms with Gasteiger partial charge < -0.3 is 14.8 Å². The molecule has 1 unspecified atom stereocenters. The van der Waals surface area contributed by atoms with Gasteiger partial charge in [-0.2, -0.15) is 8.78 Å². The summed E-state index contributed by atoms with van der Waals surface area (Å²) >= 11 is 0.245. The van der Waals surface area contributed by atoms with Crippen LogP contribution in [0.25, 0.3) is 0 Å². The molecule has 1 fully saturated rings. The second-order valence-electron chi connectivity index (χ2n) is 5.66. The fourth-order valence-electron chi connectivity index (χ4n) is 2.57. The van der Waals surface area contributed by atoms with Crippen molar-refractivity contribution in [1.29, 1.82) is 0 Å². The maximum Gasteiger partial charge on any atom is 0.290 e. The lowest BCUT2D eigenvalue weighted by Gasteiger charge is -2.13. The maximum absolute atomic E-state index is 12.6. The van der Waals surface area contributed by atoms with Crippen LogP contribution >= 0.6 is 11.8 Å². The summed E-state index contributed by atoms with van der Waals surface area (Å²) in [5, 5.41) is 2.68. The molecule has 0 bridgehead atoms. The molecule has 1 aromatic carbocycles. The van der Waals surface area contributed by atoms with Gasteiger partial charge in [-0.1, -0.05) is 6.07 Å². The van der Waals surface area contributed by atoms with Gasteiger partial charge >= 0.3 is 0 Å². The van der Waals surface area contributed by atoms with Crippen LogP contribution < -0.4 is 10.1 Å². The summed E-state index contributed by atoms with van der Waals surface area (Å²) in [6, 6.07) is 9.91. The molecule has 8 heteroatoms. The highest BCUT2D eigenvalue weighted by Gasteiger charge is 2.18. The standard InChI is InChI=1S/C18H18F2N2O3S/c19-18(20)26-17-15(7-2-8-21-17)16(23)22-12-4-1-5-13(10-12)25-11-14-6-3-9-24-14/h1-2,4-5,7-8,10,14,18H,3,6,9,11H2,(H,22,23). The van der Waals surface area contributed by atoms with E-state index >= 15 is 0 Å². The number of thioether (sulfide) groups is 1. The Hall–Kier alpha value is -2.19. The van der Waals surface area contributed by atoms with E-state index in [-0.39, 0.29) is 28.5 Å². The van der Waals surface area contributed by atoms with Crippen molar-refractivity contribution in [3.05, 3.63) is 48.2 Å². The average Bonchev–Trinajstić information content (AvgIpc) is 3.14. The minimum atomic E-state index is -2.65. The van der Waals surface area contributed by atoms with Crippen LogP contribution in [0.3, 0.4) is 0 Å². The summed E-state index contributed by atoms with van der Waals surface area (Å²) in [6.07, 6.45) is 3.48. The Bertz CT molecular complexity index is 755. The molecule has 1 N–H and O–H groups in total. The van der Waals surface area contributed by atoms with Crippen molar-refractivity contribution in [2.75, 3.05) is 18.5 Å². The molecule has 0 aliphatic carbocycles. The zero-order valence-corrected chi connectivity index (χ0v) is 14.7. The highest BCUT2D eigenvalue weighted by molar-refractivity contribution is 7.99. The second kappa shape index (κ2) is 8.95. The zero-order valence-electron chi connectivity index (χ0n) is 13.9. The number of nitrogens with one attached hydrogen (secondary N) is 1. The van der Waals surface area contributed by atoms with Gasteiger partial charge in [0, 0.05) is 24.6 Å². The SMILES string of the molecule is O=C(Nc1cccc(OCC2CCCO2)c1)c1cccnc1SC(F)F. The normalized spacial score (nSPS) is 16.7. The number of pyridine rings is 1. The predicted octanol–water partition coefficient (Wildman–Crippen LogP) is 4.21. The van der Waals surface area contributed by atoms with E-state index in [9.17, 15) is 13.6 Å². The second-order valence-corrected chi connectivity index (χ2v) is 6.64. The number of benzene rings is 1. The number of carbonyl (C=O) groups excluding carboxylic acids is 1. The quantitative estimate of drug-likeness (QED) is 0.730. The Labute approximate surface area is 154 Å². The first kappa shape index (κ1) is 18.6. The molecular weight excluding hydrogens is 362 g/mol. The Morgan fingerprint density at radius 2 is 2.27 bits per heavy atom. The molecule has 3 rings (SSSR count). The maximum atomic E-state index is 12.6. The predicted molar refractivity (Wildman–Crippen MR) is 95.0 cm³/mol. The van der Waals surface area contributed by atoms with Gasteiger partial charge in [-0.15, -0.1) is 0 Å². The van der Waals surface area contributed by atoms with Crippen LogP contribution in [0.1, 0.15) is 23.2 Å². The molecule has 5 nitrogen and oxygen atoms in total. The number of aromatic nitrogens is 1. The number of alkyl halides is 2. The van der Waals surface area contributed by atoms with E-state index in [0.717, 1.165) is 19.4 Å². The summed E-state index contributed by atoms with van der Waals surface area (Å²) in [5.74, 6) is -2.55. The lowest BCUT2D eigenvalue weighted by molar-refractivity contribution is 0.0680. The summed E-state index contributed by atoms with van der Waals surface area (Å²) in [6.45, 7) is 1.21. The van der Waals surface area contributed by atoms with Crippen LogP contribution in [0.2, 0.25) is 0 Å². The summed E-state index contributed by atoms with van der Waals surface area (Å²) in [5.41, 5.74) is 0.611. The van der Waals surface area contributed by atoms with E-state index < -0.39 is 11.7 Å². The van der Waals surface area contributed by atoms with Gasteiger partial charge in [0.05, 0.1) is 11.7 Å². The fraction of sp³-hybridized carbons (Fsp3) is 0.333. The molecule has 0 spiro atoms. The third-order valence-electron chi connectivity index (χ3n) is 3.77. The number of carbonyl (C=O) groups is 1. The number of hydrogen-bond acceptors (Lipinski definition) is 5. The van der Waals surface area contributed by atoms with Gasteiger partial charge in [0.15, 0.2) is 0 Å². The molecule has 1 atom stereocenters. The van der Waals surface area contributed by atoms with E-state index in [0.29, 0.717) is 18.0 Å². The first-order valence-electron chi connectivity index (χ1n) is 8.17.